The summed E-state index contributed by atoms with van der Waals surface area (Å²) in [4.78, 5) is 13.4. The Balaban J connectivity index is 1.41. The summed E-state index contributed by atoms with van der Waals surface area (Å²) < 4.78 is 0. The highest BCUT2D eigenvalue weighted by molar-refractivity contribution is 5.36. The summed E-state index contributed by atoms with van der Waals surface area (Å²) in [5.41, 5.74) is 2.62. The molecule has 0 unspecified atom stereocenters. The third kappa shape index (κ3) is 2.66. The quantitative estimate of drug-likeness (QED) is 0.862. The maximum Gasteiger partial charge on any atom is 0.115 e. The van der Waals surface area contributed by atoms with Crippen molar-refractivity contribution in [3.05, 3.63) is 60.2 Å². The van der Waals surface area contributed by atoms with Crippen LogP contribution in [0.3, 0.4) is 0 Å². The van der Waals surface area contributed by atoms with Crippen LogP contribution in [-0.4, -0.2) is 62.7 Å². The Morgan fingerprint density at radius 3 is 2.46 bits per heavy atom. The van der Waals surface area contributed by atoms with Gasteiger partial charge in [-0.3, -0.25) is 9.80 Å². The van der Waals surface area contributed by atoms with Gasteiger partial charge in [0.05, 0.1) is 12.1 Å². The van der Waals surface area contributed by atoms with Gasteiger partial charge in [0.1, 0.15) is 6.33 Å². The topological polar surface area (TPSA) is 52.5 Å². The molecule has 3 aliphatic rings. The van der Waals surface area contributed by atoms with Crippen LogP contribution in [0.1, 0.15) is 29.9 Å². The summed E-state index contributed by atoms with van der Waals surface area (Å²) in [7, 11) is 0. The molecular formula is C21H26N4O. The fourth-order valence-electron chi connectivity index (χ4n) is 5.15. The smallest absolute Gasteiger partial charge is 0.115 e. The van der Waals surface area contributed by atoms with Gasteiger partial charge < -0.3 is 5.11 Å². The Kier molecular flexibility index (Phi) is 4.03. The van der Waals surface area contributed by atoms with E-state index in [-0.39, 0.29) is 18.2 Å². The molecule has 5 nitrogen and oxygen atoms in total. The summed E-state index contributed by atoms with van der Waals surface area (Å²) in [5, 5.41) is 10.2. The van der Waals surface area contributed by atoms with Gasteiger partial charge in [-0.25, -0.2) is 9.97 Å². The van der Waals surface area contributed by atoms with Crippen LogP contribution in [0.5, 0.6) is 0 Å². The molecule has 136 valence electrons. The van der Waals surface area contributed by atoms with Crippen molar-refractivity contribution >= 4 is 0 Å². The number of aliphatic hydroxyl groups is 1. The van der Waals surface area contributed by atoms with Gasteiger partial charge in [0.25, 0.3) is 0 Å². The summed E-state index contributed by atoms with van der Waals surface area (Å²) in [6.45, 7) is 4.46. The number of aromatic nitrogens is 2. The van der Waals surface area contributed by atoms with Gasteiger partial charge in [0.2, 0.25) is 0 Å². The molecule has 5 rings (SSSR count). The second kappa shape index (κ2) is 6.41. The monoisotopic (exact) mass is 350 g/mol. The molecule has 1 aromatic carbocycles. The Bertz CT molecular complexity index is 743. The minimum Gasteiger partial charge on any atom is -0.395 e. The molecule has 0 radical (unpaired) electrons. The van der Waals surface area contributed by atoms with Gasteiger partial charge in [0.15, 0.2) is 0 Å². The van der Waals surface area contributed by atoms with Crippen LogP contribution in [0.4, 0.5) is 0 Å². The number of benzene rings is 1. The highest BCUT2D eigenvalue weighted by Gasteiger charge is 2.65. The molecular weight excluding hydrogens is 324 g/mol. The predicted molar refractivity (Wildman–Crippen MR) is 99.5 cm³/mol. The first-order chi connectivity index (χ1) is 12.8. The van der Waals surface area contributed by atoms with Crippen molar-refractivity contribution in [3.63, 3.8) is 0 Å². The lowest BCUT2D eigenvalue weighted by atomic mass is 9.60. The van der Waals surface area contributed by atoms with E-state index >= 15 is 0 Å². The highest BCUT2D eigenvalue weighted by Crippen LogP contribution is 2.54. The van der Waals surface area contributed by atoms with Crippen LogP contribution >= 0.6 is 0 Å². The van der Waals surface area contributed by atoms with Crippen molar-refractivity contribution in [2.45, 2.75) is 36.9 Å². The van der Waals surface area contributed by atoms with Gasteiger partial charge in [-0.2, -0.15) is 0 Å². The Labute approximate surface area is 154 Å². The zero-order chi connectivity index (χ0) is 17.6. The lowest BCUT2D eigenvalue weighted by Crippen LogP contribution is -2.84. The zero-order valence-electron chi connectivity index (χ0n) is 15.0. The molecule has 2 aliphatic heterocycles. The van der Waals surface area contributed by atoms with Crippen LogP contribution in [-0.2, 0) is 6.54 Å². The molecule has 5 heteroatoms. The standard InChI is InChI=1S/C21H26N4O/c26-12-19-20(18-4-2-1-3-5-18)21(13-24(14-21)10-16-6-7-16)25(19)11-17-8-22-15-23-9-17/h1-5,8-9,15-16,19-20,26H,6-7,10-14H2/t19-,20-/m1/s1. The normalized spacial score (nSPS) is 27.9. The van der Waals surface area contributed by atoms with E-state index in [1.165, 1.54) is 24.9 Å². The molecule has 1 aliphatic carbocycles. The maximum atomic E-state index is 10.2. The van der Waals surface area contributed by atoms with Crippen molar-refractivity contribution in [2.75, 3.05) is 26.2 Å². The van der Waals surface area contributed by atoms with E-state index < -0.39 is 0 Å². The van der Waals surface area contributed by atoms with Crippen molar-refractivity contribution in [3.8, 4) is 0 Å². The average Bonchev–Trinajstić information content (AvgIpc) is 3.46. The van der Waals surface area contributed by atoms with Gasteiger partial charge >= 0.3 is 0 Å². The first-order valence-corrected chi connectivity index (χ1v) is 9.69. The molecule has 0 amide bonds. The Morgan fingerprint density at radius 2 is 1.81 bits per heavy atom. The van der Waals surface area contributed by atoms with E-state index in [4.69, 9.17) is 0 Å². The number of likely N-dealkylation sites (tertiary alicyclic amines) is 2. The first kappa shape index (κ1) is 16.4. The summed E-state index contributed by atoms with van der Waals surface area (Å²) >= 11 is 0. The summed E-state index contributed by atoms with van der Waals surface area (Å²) in [5.74, 6) is 1.32. The largest absolute Gasteiger partial charge is 0.395 e. The van der Waals surface area contributed by atoms with Crippen molar-refractivity contribution < 1.29 is 5.11 Å². The summed E-state index contributed by atoms with van der Waals surface area (Å²) in [6, 6.07) is 10.9. The molecule has 1 aromatic heterocycles. The molecule has 2 atom stereocenters. The van der Waals surface area contributed by atoms with Gasteiger partial charge in [-0.1, -0.05) is 30.3 Å². The van der Waals surface area contributed by atoms with Crippen molar-refractivity contribution in [1.82, 2.24) is 19.8 Å². The molecule has 2 aromatic rings. The first-order valence-electron chi connectivity index (χ1n) is 9.69. The molecule has 26 heavy (non-hydrogen) atoms. The highest BCUT2D eigenvalue weighted by atomic mass is 16.3. The second-order valence-electron chi connectivity index (χ2n) is 8.23. The fourth-order valence-corrected chi connectivity index (χ4v) is 5.15. The van der Waals surface area contributed by atoms with Crippen LogP contribution in [0, 0.1) is 5.92 Å². The van der Waals surface area contributed by atoms with Crippen molar-refractivity contribution in [1.29, 1.82) is 0 Å². The van der Waals surface area contributed by atoms with Crippen molar-refractivity contribution in [2.24, 2.45) is 5.92 Å². The molecule has 2 saturated heterocycles. The lowest BCUT2D eigenvalue weighted by molar-refractivity contribution is -0.196. The number of hydrogen-bond acceptors (Lipinski definition) is 5. The van der Waals surface area contributed by atoms with Gasteiger partial charge in [0, 0.05) is 56.1 Å². The number of nitrogens with zero attached hydrogens (tertiary/aromatic N) is 4. The van der Waals surface area contributed by atoms with E-state index in [0.29, 0.717) is 5.92 Å². The molecule has 3 heterocycles. The SMILES string of the molecule is OC[C@@H]1[C@@H](c2ccccc2)C2(CN(CC3CC3)C2)N1Cc1cncnc1. The molecule has 3 fully saturated rings. The van der Waals surface area contributed by atoms with Crippen LogP contribution in [0.25, 0.3) is 0 Å². The van der Waals surface area contributed by atoms with Crippen LogP contribution in [0.2, 0.25) is 0 Å². The molecule has 1 saturated carbocycles. The number of rotatable bonds is 6. The second-order valence-corrected chi connectivity index (χ2v) is 8.23. The summed E-state index contributed by atoms with van der Waals surface area (Å²) in [6.07, 6.45) is 8.16. The van der Waals surface area contributed by atoms with E-state index in [1.807, 2.05) is 12.4 Å². The van der Waals surface area contributed by atoms with E-state index in [0.717, 1.165) is 31.1 Å². The Hall–Kier alpha value is -1.82. The third-order valence-electron chi connectivity index (χ3n) is 6.46. The molecule has 1 spiro atoms. The van der Waals surface area contributed by atoms with Gasteiger partial charge in [-0.05, 0) is 24.3 Å². The van der Waals surface area contributed by atoms with E-state index in [1.54, 1.807) is 6.33 Å². The maximum absolute atomic E-state index is 10.2. The Morgan fingerprint density at radius 1 is 1.08 bits per heavy atom. The minimum absolute atomic E-state index is 0.138. The zero-order valence-corrected chi connectivity index (χ0v) is 15.0. The fraction of sp³-hybridized carbons (Fsp3) is 0.524. The van der Waals surface area contributed by atoms with Crippen LogP contribution < -0.4 is 0 Å². The minimum atomic E-state index is 0.138. The average molecular weight is 350 g/mol. The van der Waals surface area contributed by atoms with Crippen LogP contribution in [0.15, 0.2) is 49.1 Å². The van der Waals surface area contributed by atoms with Gasteiger partial charge in [-0.15, -0.1) is 0 Å². The molecule has 1 N–H and O–H groups in total. The van der Waals surface area contributed by atoms with E-state index in [9.17, 15) is 5.11 Å². The van der Waals surface area contributed by atoms with E-state index in [2.05, 4.69) is 50.1 Å². The third-order valence-corrected chi connectivity index (χ3v) is 6.46. The number of aliphatic hydroxyl groups excluding tert-OH is 1. The number of hydrogen-bond donors (Lipinski definition) is 1. The molecule has 0 bridgehead atoms. The lowest BCUT2D eigenvalue weighted by Gasteiger charge is -2.71. The predicted octanol–water partition coefficient (Wildman–Crippen LogP) is 1.90.